The third kappa shape index (κ3) is 3.16. The highest BCUT2D eigenvalue weighted by molar-refractivity contribution is 9.10. The molecule has 0 aliphatic carbocycles. The zero-order valence-electron chi connectivity index (χ0n) is 15.1. The molecular formula is C20H19BrN2O4. The van der Waals surface area contributed by atoms with E-state index in [4.69, 9.17) is 9.47 Å². The van der Waals surface area contributed by atoms with Crippen LogP contribution in [0.4, 0.5) is 10.5 Å². The number of carbonyl (C=O) groups excluding carboxylic acids is 2. The molecule has 7 heteroatoms. The van der Waals surface area contributed by atoms with Gasteiger partial charge < -0.3 is 9.47 Å². The lowest BCUT2D eigenvalue weighted by Crippen LogP contribution is -2.33. The molecule has 4 rings (SSSR count). The number of hydrogen-bond acceptors (Lipinski definition) is 4. The molecule has 0 spiro atoms. The fourth-order valence-electron chi connectivity index (χ4n) is 3.31. The zero-order valence-corrected chi connectivity index (χ0v) is 16.7. The fraction of sp³-hybridized carbons (Fsp3) is 0.300. The highest BCUT2D eigenvalue weighted by Crippen LogP contribution is 2.37. The summed E-state index contributed by atoms with van der Waals surface area (Å²) in [5.74, 6) is 1.06. The molecule has 0 bridgehead atoms. The van der Waals surface area contributed by atoms with Gasteiger partial charge in [0, 0.05) is 10.2 Å². The molecule has 2 heterocycles. The molecule has 1 atom stereocenters. The molecular weight excluding hydrogens is 412 g/mol. The lowest BCUT2D eigenvalue weighted by molar-refractivity contribution is -0.127. The molecule has 2 aromatic rings. The average Bonchev–Trinajstić information content (AvgIpc) is 2.86. The molecule has 1 saturated heterocycles. The first-order valence-electron chi connectivity index (χ1n) is 8.75. The summed E-state index contributed by atoms with van der Waals surface area (Å²) in [4.78, 5) is 28.6. The third-order valence-corrected chi connectivity index (χ3v) is 5.54. The largest absolute Gasteiger partial charge is 0.486 e. The van der Waals surface area contributed by atoms with E-state index in [-0.39, 0.29) is 18.5 Å². The van der Waals surface area contributed by atoms with Crippen molar-refractivity contribution in [2.24, 2.45) is 0 Å². The van der Waals surface area contributed by atoms with Gasteiger partial charge in [0.05, 0.1) is 6.54 Å². The van der Waals surface area contributed by atoms with Gasteiger partial charge in [0.25, 0.3) is 5.91 Å². The number of halogens is 1. The molecule has 140 valence electrons. The number of nitrogens with zero attached hydrogens (tertiary/aromatic N) is 2. The summed E-state index contributed by atoms with van der Waals surface area (Å²) in [5, 5.41) is 0. The van der Waals surface area contributed by atoms with Crippen molar-refractivity contribution >= 4 is 33.6 Å². The van der Waals surface area contributed by atoms with E-state index in [9.17, 15) is 9.59 Å². The number of anilines is 1. The number of carbonyl (C=O) groups is 2. The predicted octanol–water partition coefficient (Wildman–Crippen LogP) is 3.89. The van der Waals surface area contributed by atoms with Gasteiger partial charge in [0.15, 0.2) is 11.5 Å². The van der Waals surface area contributed by atoms with Crippen LogP contribution < -0.4 is 14.4 Å². The maximum atomic E-state index is 13.0. The number of amides is 3. The Bertz CT molecular complexity index is 913. The van der Waals surface area contributed by atoms with Gasteiger partial charge in [-0.05, 0) is 43.7 Å². The van der Waals surface area contributed by atoms with Crippen molar-refractivity contribution in [3.8, 4) is 11.5 Å². The van der Waals surface area contributed by atoms with E-state index in [0.717, 1.165) is 21.3 Å². The van der Waals surface area contributed by atoms with Crippen LogP contribution in [0.1, 0.15) is 18.1 Å². The summed E-state index contributed by atoms with van der Waals surface area (Å²) in [6.07, 6.45) is 0. The quantitative estimate of drug-likeness (QED) is 0.693. The van der Waals surface area contributed by atoms with Crippen LogP contribution in [-0.4, -0.2) is 36.1 Å². The maximum Gasteiger partial charge on any atom is 0.332 e. The van der Waals surface area contributed by atoms with Gasteiger partial charge in [0.2, 0.25) is 0 Å². The van der Waals surface area contributed by atoms with Crippen molar-refractivity contribution in [2.75, 3.05) is 18.1 Å². The lowest BCUT2D eigenvalue weighted by Gasteiger charge is -2.22. The number of rotatable bonds is 3. The molecule has 2 aliphatic heterocycles. The second-order valence-corrected chi connectivity index (χ2v) is 7.53. The summed E-state index contributed by atoms with van der Waals surface area (Å²) >= 11 is 3.51. The smallest absolute Gasteiger partial charge is 0.332 e. The van der Waals surface area contributed by atoms with E-state index in [2.05, 4.69) is 15.9 Å². The normalized spacial score (nSPS) is 19.0. The van der Waals surface area contributed by atoms with Crippen molar-refractivity contribution in [1.29, 1.82) is 0 Å². The van der Waals surface area contributed by atoms with Gasteiger partial charge in [-0.25, -0.2) is 4.79 Å². The molecule has 27 heavy (non-hydrogen) atoms. The molecule has 2 aliphatic rings. The molecule has 0 radical (unpaired) electrons. The number of benzene rings is 2. The van der Waals surface area contributed by atoms with Crippen molar-refractivity contribution in [2.45, 2.75) is 26.4 Å². The van der Waals surface area contributed by atoms with Crippen molar-refractivity contribution in [1.82, 2.24) is 4.90 Å². The summed E-state index contributed by atoms with van der Waals surface area (Å²) in [5.41, 5.74) is 2.61. The highest BCUT2D eigenvalue weighted by atomic mass is 79.9. The van der Waals surface area contributed by atoms with Crippen molar-refractivity contribution < 1.29 is 19.1 Å². The number of urea groups is 1. The van der Waals surface area contributed by atoms with Crippen LogP contribution in [0.15, 0.2) is 40.9 Å². The van der Waals surface area contributed by atoms with Crippen LogP contribution in [0, 0.1) is 6.92 Å². The Morgan fingerprint density at radius 3 is 2.37 bits per heavy atom. The highest BCUT2D eigenvalue weighted by Gasteiger charge is 2.43. The second-order valence-electron chi connectivity index (χ2n) is 6.68. The molecule has 0 unspecified atom stereocenters. The Morgan fingerprint density at radius 2 is 1.70 bits per heavy atom. The molecule has 2 aromatic carbocycles. The summed E-state index contributed by atoms with van der Waals surface area (Å²) in [6, 6.07) is 10.4. The summed E-state index contributed by atoms with van der Waals surface area (Å²) in [6.45, 7) is 4.88. The van der Waals surface area contributed by atoms with Crippen LogP contribution in [0.25, 0.3) is 0 Å². The zero-order chi connectivity index (χ0) is 19.1. The number of aryl methyl sites for hydroxylation is 1. The topological polar surface area (TPSA) is 59.1 Å². The van der Waals surface area contributed by atoms with E-state index in [1.165, 1.54) is 9.80 Å². The van der Waals surface area contributed by atoms with E-state index >= 15 is 0 Å². The van der Waals surface area contributed by atoms with Crippen LogP contribution in [0.2, 0.25) is 0 Å². The van der Waals surface area contributed by atoms with Crippen LogP contribution in [0.3, 0.4) is 0 Å². The van der Waals surface area contributed by atoms with Gasteiger partial charge in [0.1, 0.15) is 19.3 Å². The number of imide groups is 1. The first-order valence-corrected chi connectivity index (χ1v) is 9.54. The van der Waals surface area contributed by atoms with Gasteiger partial charge in [-0.15, -0.1) is 0 Å². The van der Waals surface area contributed by atoms with Gasteiger partial charge in [-0.1, -0.05) is 33.6 Å². The van der Waals surface area contributed by atoms with Crippen LogP contribution in [0.5, 0.6) is 11.5 Å². The van der Waals surface area contributed by atoms with E-state index < -0.39 is 6.04 Å². The monoisotopic (exact) mass is 430 g/mol. The van der Waals surface area contributed by atoms with Crippen LogP contribution >= 0.6 is 15.9 Å². The van der Waals surface area contributed by atoms with E-state index in [1.807, 2.05) is 43.3 Å². The molecule has 1 fully saturated rings. The standard InChI is InChI=1S/C20H19BrN2O4/c1-12-3-5-15(6-4-12)23-13(2)19(24)22(20(23)25)11-14-9-17-18(10-16(14)21)27-8-7-26-17/h3-6,9-10,13H,7-8,11H2,1-2H3/t13-/m1/s1. The minimum Gasteiger partial charge on any atom is -0.486 e. The van der Waals surface area contributed by atoms with E-state index in [1.54, 1.807) is 6.92 Å². The van der Waals surface area contributed by atoms with Crippen LogP contribution in [-0.2, 0) is 11.3 Å². The molecule has 0 aromatic heterocycles. The Balaban J connectivity index is 1.62. The van der Waals surface area contributed by atoms with Crippen molar-refractivity contribution in [3.63, 3.8) is 0 Å². The van der Waals surface area contributed by atoms with Gasteiger partial charge in [-0.3, -0.25) is 14.6 Å². The number of hydrogen-bond donors (Lipinski definition) is 0. The Labute approximate surface area is 165 Å². The molecule has 6 nitrogen and oxygen atoms in total. The Kier molecular flexibility index (Phi) is 4.55. The minimum atomic E-state index is -0.545. The molecule has 0 saturated carbocycles. The Morgan fingerprint density at radius 1 is 1.07 bits per heavy atom. The van der Waals surface area contributed by atoms with Gasteiger partial charge >= 0.3 is 6.03 Å². The summed E-state index contributed by atoms with van der Waals surface area (Å²) in [7, 11) is 0. The number of ether oxygens (including phenoxy) is 2. The first kappa shape index (κ1) is 17.9. The second kappa shape index (κ2) is 6.88. The third-order valence-electron chi connectivity index (χ3n) is 4.80. The lowest BCUT2D eigenvalue weighted by atomic mass is 10.1. The molecule has 3 amide bonds. The van der Waals surface area contributed by atoms with E-state index in [0.29, 0.717) is 24.7 Å². The Hall–Kier alpha value is -2.54. The fourth-order valence-corrected chi connectivity index (χ4v) is 3.76. The average molecular weight is 431 g/mol. The SMILES string of the molecule is Cc1ccc(N2C(=O)N(Cc3cc4c(cc3Br)OCCO4)C(=O)[C@H]2C)cc1. The van der Waals surface area contributed by atoms with Crippen molar-refractivity contribution in [3.05, 3.63) is 52.0 Å². The maximum absolute atomic E-state index is 13.0. The number of fused-ring (bicyclic) bond motifs is 1. The van der Waals surface area contributed by atoms with Gasteiger partial charge in [-0.2, -0.15) is 0 Å². The first-order chi connectivity index (χ1) is 13.0. The summed E-state index contributed by atoms with van der Waals surface area (Å²) < 4.78 is 11.9. The predicted molar refractivity (Wildman–Crippen MR) is 104 cm³/mol. The molecule has 0 N–H and O–H groups in total. The minimum absolute atomic E-state index is 0.168.